The molecule has 0 spiro atoms. The summed E-state index contributed by atoms with van der Waals surface area (Å²) >= 11 is 0. The summed E-state index contributed by atoms with van der Waals surface area (Å²) in [5.74, 6) is -0.195. The van der Waals surface area contributed by atoms with E-state index in [1.807, 2.05) is 4.90 Å². The van der Waals surface area contributed by atoms with E-state index in [4.69, 9.17) is 0 Å². The summed E-state index contributed by atoms with van der Waals surface area (Å²) < 4.78 is 78.3. The van der Waals surface area contributed by atoms with Crippen molar-refractivity contribution in [2.45, 2.75) is 12.4 Å². The number of piperazine rings is 1. The third kappa shape index (κ3) is 5.76. The number of benzene rings is 3. The number of aromatic nitrogens is 1. The standard InChI is InChI=1S/C28H22F6N4O/c29-27(30,31)19-2-1-3-22(16-19)37-12-14-38(15-13-37)26(39)18-4-7-21(8-5-18)36-24-10-11-35-25-17-20(28(32,33)34)6-9-23(24)25/h1-11,16-17H,12-15H2,(H,35,36). The number of hydrogen-bond donors (Lipinski definition) is 1. The lowest BCUT2D eigenvalue weighted by Crippen LogP contribution is -2.48. The number of carbonyl (C=O) groups is 1. The first-order valence-electron chi connectivity index (χ1n) is 12.0. The van der Waals surface area contributed by atoms with Crippen LogP contribution in [0.4, 0.5) is 43.4 Å². The third-order valence-electron chi connectivity index (χ3n) is 6.59. The molecule has 1 fully saturated rings. The first-order valence-corrected chi connectivity index (χ1v) is 12.0. The smallest absolute Gasteiger partial charge is 0.368 e. The summed E-state index contributed by atoms with van der Waals surface area (Å²) in [6.07, 6.45) is -7.47. The van der Waals surface area contributed by atoms with Gasteiger partial charge < -0.3 is 15.1 Å². The van der Waals surface area contributed by atoms with E-state index in [1.54, 1.807) is 41.3 Å². The van der Waals surface area contributed by atoms with Crippen LogP contribution in [0, 0.1) is 0 Å². The highest BCUT2D eigenvalue weighted by Crippen LogP contribution is 2.34. The van der Waals surface area contributed by atoms with Crippen molar-refractivity contribution in [2.75, 3.05) is 36.4 Å². The van der Waals surface area contributed by atoms with E-state index >= 15 is 0 Å². The Labute approximate surface area is 219 Å². The number of nitrogens with one attached hydrogen (secondary N) is 1. The minimum atomic E-state index is -4.47. The van der Waals surface area contributed by atoms with Crippen molar-refractivity contribution in [1.29, 1.82) is 0 Å². The van der Waals surface area contributed by atoms with Gasteiger partial charge in [-0.3, -0.25) is 9.78 Å². The Morgan fingerprint density at radius 3 is 2.10 bits per heavy atom. The van der Waals surface area contributed by atoms with Gasteiger partial charge in [-0.05, 0) is 60.7 Å². The number of nitrogens with zero attached hydrogens (tertiary/aromatic N) is 3. The van der Waals surface area contributed by atoms with Crippen molar-refractivity contribution in [3.05, 3.63) is 95.7 Å². The zero-order valence-electron chi connectivity index (χ0n) is 20.4. The summed E-state index contributed by atoms with van der Waals surface area (Å²) in [5.41, 5.74) is 0.821. The maximum Gasteiger partial charge on any atom is 0.416 e. The maximum absolute atomic E-state index is 13.0. The van der Waals surface area contributed by atoms with Crippen molar-refractivity contribution >= 4 is 33.9 Å². The molecular formula is C28H22F6N4O. The van der Waals surface area contributed by atoms with Crippen LogP contribution in [0.3, 0.4) is 0 Å². The topological polar surface area (TPSA) is 48.5 Å². The fraction of sp³-hybridized carbons (Fsp3) is 0.214. The Hall–Kier alpha value is -4.28. The van der Waals surface area contributed by atoms with Gasteiger partial charge in [0.05, 0.1) is 16.6 Å². The van der Waals surface area contributed by atoms with E-state index < -0.39 is 23.5 Å². The first-order chi connectivity index (χ1) is 18.5. The largest absolute Gasteiger partial charge is 0.416 e. The van der Waals surface area contributed by atoms with Crippen LogP contribution in [-0.4, -0.2) is 42.0 Å². The van der Waals surface area contributed by atoms with E-state index in [2.05, 4.69) is 10.3 Å². The van der Waals surface area contributed by atoms with Gasteiger partial charge in [0.15, 0.2) is 0 Å². The zero-order chi connectivity index (χ0) is 27.8. The molecule has 0 radical (unpaired) electrons. The van der Waals surface area contributed by atoms with E-state index in [0.29, 0.717) is 54.2 Å². The summed E-state index contributed by atoms with van der Waals surface area (Å²) in [5, 5.41) is 3.67. The van der Waals surface area contributed by atoms with Crippen molar-refractivity contribution in [1.82, 2.24) is 9.88 Å². The molecule has 11 heteroatoms. The van der Waals surface area contributed by atoms with E-state index in [9.17, 15) is 31.1 Å². The molecule has 1 amide bonds. The molecule has 3 aromatic carbocycles. The number of pyridine rings is 1. The number of carbonyl (C=O) groups excluding carboxylic acids is 1. The quantitative estimate of drug-likeness (QED) is 0.282. The normalized spacial score (nSPS) is 14.5. The molecule has 5 nitrogen and oxygen atoms in total. The second-order valence-electron chi connectivity index (χ2n) is 9.12. The van der Waals surface area contributed by atoms with Gasteiger partial charge >= 0.3 is 12.4 Å². The van der Waals surface area contributed by atoms with Gasteiger partial charge in [0.1, 0.15) is 0 Å². The number of alkyl halides is 6. The molecule has 1 saturated heterocycles. The molecule has 1 aliphatic rings. The molecule has 39 heavy (non-hydrogen) atoms. The lowest BCUT2D eigenvalue weighted by atomic mass is 10.1. The molecule has 2 heterocycles. The lowest BCUT2D eigenvalue weighted by molar-refractivity contribution is -0.138. The van der Waals surface area contributed by atoms with E-state index in [-0.39, 0.29) is 11.4 Å². The maximum atomic E-state index is 13.0. The number of halogens is 6. The molecule has 1 aromatic heterocycles. The average molecular weight is 544 g/mol. The molecule has 0 unspecified atom stereocenters. The third-order valence-corrected chi connectivity index (χ3v) is 6.59. The molecule has 1 aliphatic heterocycles. The second-order valence-corrected chi connectivity index (χ2v) is 9.12. The lowest BCUT2D eigenvalue weighted by Gasteiger charge is -2.36. The molecule has 0 atom stereocenters. The highest BCUT2D eigenvalue weighted by atomic mass is 19.4. The Morgan fingerprint density at radius 2 is 1.44 bits per heavy atom. The Kier molecular flexibility index (Phi) is 6.83. The van der Waals surface area contributed by atoms with Crippen LogP contribution < -0.4 is 10.2 Å². The summed E-state index contributed by atoms with van der Waals surface area (Å²) in [6.45, 7) is 1.52. The molecule has 0 bridgehead atoms. The van der Waals surface area contributed by atoms with Crippen molar-refractivity contribution in [3.8, 4) is 0 Å². The number of amides is 1. The Balaban J connectivity index is 1.23. The fourth-order valence-electron chi connectivity index (χ4n) is 4.51. The van der Waals surface area contributed by atoms with Crippen LogP contribution >= 0.6 is 0 Å². The minimum absolute atomic E-state index is 0.195. The highest BCUT2D eigenvalue weighted by molar-refractivity contribution is 5.96. The van der Waals surface area contributed by atoms with Gasteiger partial charge in [-0.2, -0.15) is 26.3 Å². The van der Waals surface area contributed by atoms with Crippen molar-refractivity contribution in [2.24, 2.45) is 0 Å². The van der Waals surface area contributed by atoms with Gasteiger partial charge in [0.2, 0.25) is 0 Å². The van der Waals surface area contributed by atoms with Crippen LogP contribution in [0.15, 0.2) is 79.0 Å². The minimum Gasteiger partial charge on any atom is -0.368 e. The van der Waals surface area contributed by atoms with Gasteiger partial charge in [0.25, 0.3) is 5.91 Å². The molecular weight excluding hydrogens is 522 g/mol. The van der Waals surface area contributed by atoms with Gasteiger partial charge in [-0.1, -0.05) is 12.1 Å². The number of hydrogen-bond acceptors (Lipinski definition) is 4. The summed E-state index contributed by atoms with van der Waals surface area (Å²) in [7, 11) is 0. The van der Waals surface area contributed by atoms with E-state index in [0.717, 1.165) is 24.3 Å². The number of anilines is 3. The van der Waals surface area contributed by atoms with Gasteiger partial charge in [-0.15, -0.1) is 0 Å². The Morgan fingerprint density at radius 1 is 0.769 bits per heavy atom. The molecule has 5 rings (SSSR count). The molecule has 4 aromatic rings. The van der Waals surface area contributed by atoms with Crippen molar-refractivity contribution < 1.29 is 31.1 Å². The fourth-order valence-corrected chi connectivity index (χ4v) is 4.51. The predicted octanol–water partition coefficient (Wildman–Crippen LogP) is 6.98. The SMILES string of the molecule is O=C(c1ccc(Nc2ccnc3cc(C(F)(F)F)ccc23)cc1)N1CCN(c2cccc(C(F)(F)F)c2)CC1. The second kappa shape index (κ2) is 10.1. The van der Waals surface area contributed by atoms with Gasteiger partial charge in [-0.25, -0.2) is 0 Å². The van der Waals surface area contributed by atoms with Crippen molar-refractivity contribution in [3.63, 3.8) is 0 Å². The van der Waals surface area contributed by atoms with E-state index in [1.165, 1.54) is 18.3 Å². The average Bonchev–Trinajstić information content (AvgIpc) is 2.92. The predicted molar refractivity (Wildman–Crippen MR) is 136 cm³/mol. The first kappa shape index (κ1) is 26.3. The molecule has 202 valence electrons. The molecule has 1 N–H and O–H groups in total. The summed E-state index contributed by atoms with van der Waals surface area (Å²) in [4.78, 5) is 20.5. The van der Waals surface area contributed by atoms with Crippen LogP contribution in [0.5, 0.6) is 0 Å². The van der Waals surface area contributed by atoms with Crippen LogP contribution in [0.2, 0.25) is 0 Å². The number of rotatable bonds is 4. The van der Waals surface area contributed by atoms with Crippen LogP contribution in [-0.2, 0) is 12.4 Å². The molecule has 0 saturated carbocycles. The molecule has 0 aliphatic carbocycles. The number of fused-ring (bicyclic) bond motifs is 1. The van der Waals surface area contributed by atoms with Crippen LogP contribution in [0.1, 0.15) is 21.5 Å². The highest BCUT2D eigenvalue weighted by Gasteiger charge is 2.32. The summed E-state index contributed by atoms with van der Waals surface area (Å²) in [6, 6.07) is 16.9. The Bertz CT molecular complexity index is 1490. The van der Waals surface area contributed by atoms with Crippen LogP contribution in [0.25, 0.3) is 10.9 Å². The van der Waals surface area contributed by atoms with Gasteiger partial charge in [0, 0.05) is 60.4 Å². The zero-order valence-corrected chi connectivity index (χ0v) is 20.4. The monoisotopic (exact) mass is 544 g/mol.